The number of nitrogens with two attached hydrogens (primary N) is 1. The van der Waals surface area contributed by atoms with Crippen LogP contribution >= 0.6 is 11.8 Å². The number of thioether (sulfide) groups is 1. The normalized spacial score (nSPS) is 11.4. The number of hydrogen-bond acceptors (Lipinski definition) is 7. The number of ether oxygens (including phenoxy) is 1. The summed E-state index contributed by atoms with van der Waals surface area (Å²) in [4.78, 5) is 23.6. The number of nitrogens with zero attached hydrogens (tertiary/aromatic N) is 3. The highest BCUT2D eigenvalue weighted by molar-refractivity contribution is 7.99. The van der Waals surface area contributed by atoms with Gasteiger partial charge in [-0.3, -0.25) is 10.1 Å². The number of aromatic nitrogens is 3. The molecule has 0 atom stereocenters. The molecule has 2 aromatic rings. The van der Waals surface area contributed by atoms with E-state index >= 15 is 0 Å². The Morgan fingerprint density at radius 1 is 1.19 bits per heavy atom. The molecule has 1 aromatic heterocycles. The van der Waals surface area contributed by atoms with Crippen LogP contribution in [0, 0.1) is 5.92 Å². The van der Waals surface area contributed by atoms with Gasteiger partial charge in [-0.15, -0.1) is 10.2 Å². The largest absolute Gasteiger partial charge is 0.486 e. The van der Waals surface area contributed by atoms with Crippen molar-refractivity contribution in [1.82, 2.24) is 25.5 Å². The maximum Gasteiger partial charge on any atom is 0.321 e. The number of urea groups is 1. The molecule has 170 valence electrons. The van der Waals surface area contributed by atoms with Gasteiger partial charge in [-0.05, 0) is 35.4 Å². The molecular weight excluding hydrogens is 416 g/mol. The van der Waals surface area contributed by atoms with E-state index in [0.717, 1.165) is 18.2 Å². The Morgan fingerprint density at radius 2 is 1.87 bits per heavy atom. The Labute approximate surface area is 187 Å². The molecule has 0 aliphatic heterocycles. The summed E-state index contributed by atoms with van der Waals surface area (Å²) in [6, 6.07) is 7.36. The second-order valence-corrected chi connectivity index (χ2v) is 9.55. The Morgan fingerprint density at radius 3 is 2.48 bits per heavy atom. The summed E-state index contributed by atoms with van der Waals surface area (Å²) in [5, 5.41) is 13.3. The fourth-order valence-corrected chi connectivity index (χ4v) is 3.19. The van der Waals surface area contributed by atoms with Crippen LogP contribution in [-0.2, 0) is 16.8 Å². The monoisotopic (exact) mass is 448 g/mol. The molecule has 0 aliphatic carbocycles. The van der Waals surface area contributed by atoms with Gasteiger partial charge in [0, 0.05) is 6.54 Å². The van der Waals surface area contributed by atoms with E-state index in [1.807, 2.05) is 24.3 Å². The van der Waals surface area contributed by atoms with Crippen molar-refractivity contribution in [3.8, 4) is 5.75 Å². The van der Waals surface area contributed by atoms with Crippen molar-refractivity contribution in [3.05, 3.63) is 35.7 Å². The number of benzene rings is 1. The first-order chi connectivity index (χ1) is 14.6. The molecule has 1 aromatic carbocycles. The van der Waals surface area contributed by atoms with Gasteiger partial charge in [-0.1, -0.05) is 58.5 Å². The van der Waals surface area contributed by atoms with Crippen LogP contribution in [0.25, 0.3) is 0 Å². The minimum atomic E-state index is -0.507. The van der Waals surface area contributed by atoms with Gasteiger partial charge in [-0.2, -0.15) is 0 Å². The zero-order valence-electron chi connectivity index (χ0n) is 18.8. The zero-order valence-corrected chi connectivity index (χ0v) is 19.6. The summed E-state index contributed by atoms with van der Waals surface area (Å²) < 4.78 is 7.02. The maximum absolute atomic E-state index is 11.9. The van der Waals surface area contributed by atoms with Gasteiger partial charge < -0.3 is 15.9 Å². The number of hydrogen-bond donors (Lipinski definition) is 3. The van der Waals surface area contributed by atoms with Crippen LogP contribution in [0.15, 0.2) is 29.4 Å². The van der Waals surface area contributed by atoms with Crippen molar-refractivity contribution in [2.24, 2.45) is 5.92 Å². The van der Waals surface area contributed by atoms with E-state index in [1.54, 1.807) is 0 Å². The number of carbonyl (C=O) groups is 2. The molecule has 0 spiro atoms. The molecule has 0 unspecified atom stereocenters. The van der Waals surface area contributed by atoms with Gasteiger partial charge in [0.15, 0.2) is 5.82 Å². The van der Waals surface area contributed by atoms with Crippen molar-refractivity contribution in [2.45, 2.75) is 58.2 Å². The van der Waals surface area contributed by atoms with Crippen molar-refractivity contribution in [2.75, 3.05) is 18.1 Å². The summed E-state index contributed by atoms with van der Waals surface area (Å²) >= 11 is 1.09. The Balaban J connectivity index is 1.79. The first-order valence-corrected chi connectivity index (χ1v) is 11.2. The van der Waals surface area contributed by atoms with Crippen LogP contribution in [-0.4, -0.2) is 39.1 Å². The lowest BCUT2D eigenvalue weighted by atomic mass is 9.87. The van der Waals surface area contributed by atoms with Gasteiger partial charge in [0.05, 0.1) is 5.75 Å². The average molecular weight is 449 g/mol. The molecule has 0 radical (unpaired) electrons. The highest BCUT2D eigenvalue weighted by Crippen LogP contribution is 2.24. The topological polar surface area (TPSA) is 124 Å². The first-order valence-electron chi connectivity index (χ1n) is 10.2. The predicted octanol–water partition coefficient (Wildman–Crippen LogP) is 2.83. The summed E-state index contributed by atoms with van der Waals surface area (Å²) in [6.45, 7) is 11.2. The van der Waals surface area contributed by atoms with Gasteiger partial charge in [0.25, 0.3) is 0 Å². The molecule has 10 heteroatoms. The average Bonchev–Trinajstić information content (AvgIpc) is 3.03. The summed E-state index contributed by atoms with van der Waals surface area (Å²) in [5.41, 5.74) is 1.29. The van der Waals surface area contributed by atoms with E-state index < -0.39 is 11.9 Å². The molecule has 2 rings (SSSR count). The van der Waals surface area contributed by atoms with Crippen molar-refractivity contribution in [1.29, 1.82) is 0 Å². The second kappa shape index (κ2) is 11.0. The fraction of sp³-hybridized carbons (Fsp3) is 0.524. The second-order valence-electron chi connectivity index (χ2n) is 8.61. The van der Waals surface area contributed by atoms with E-state index in [2.05, 4.69) is 55.4 Å². The molecule has 4 N–H and O–H groups in total. The van der Waals surface area contributed by atoms with Gasteiger partial charge >= 0.3 is 6.03 Å². The Kier molecular flexibility index (Phi) is 8.73. The van der Waals surface area contributed by atoms with Crippen LogP contribution < -0.4 is 21.2 Å². The third-order valence-corrected chi connectivity index (χ3v) is 5.36. The fourth-order valence-electron chi connectivity index (χ4n) is 2.51. The zero-order chi connectivity index (χ0) is 23.0. The minimum absolute atomic E-state index is 0.0118. The van der Waals surface area contributed by atoms with Crippen LogP contribution in [0.2, 0.25) is 0 Å². The van der Waals surface area contributed by atoms with Crippen molar-refractivity contribution < 1.29 is 14.3 Å². The number of imide groups is 1. The Bertz CT molecular complexity index is 874. The molecule has 0 aliphatic rings. The van der Waals surface area contributed by atoms with Crippen LogP contribution in [0.3, 0.4) is 0 Å². The third-order valence-electron chi connectivity index (χ3n) is 4.42. The molecule has 9 nitrogen and oxygen atoms in total. The van der Waals surface area contributed by atoms with E-state index in [0.29, 0.717) is 29.2 Å². The van der Waals surface area contributed by atoms with E-state index in [1.165, 1.54) is 10.2 Å². The number of rotatable bonds is 9. The van der Waals surface area contributed by atoms with Crippen LogP contribution in [0.4, 0.5) is 4.79 Å². The summed E-state index contributed by atoms with van der Waals surface area (Å²) in [7, 11) is 0. The lowest BCUT2D eigenvalue weighted by molar-refractivity contribution is -0.117. The highest BCUT2D eigenvalue weighted by atomic mass is 32.2. The van der Waals surface area contributed by atoms with Crippen LogP contribution in [0.5, 0.6) is 5.75 Å². The number of nitrogens with one attached hydrogen (secondary N) is 2. The SMILES string of the molecule is CC(C)CCNC(=O)NC(=O)CSc1nnc(COc2ccc(C(C)(C)C)cc2)n1N. The quantitative estimate of drug-likeness (QED) is 0.398. The smallest absolute Gasteiger partial charge is 0.321 e. The molecule has 31 heavy (non-hydrogen) atoms. The standard InChI is InChI=1S/C21H32N6O3S/c1-14(2)10-11-23-19(29)24-18(28)13-31-20-26-25-17(27(20)22)12-30-16-8-6-15(7-9-16)21(3,4)5/h6-9,14H,10-13,22H2,1-5H3,(H2,23,24,28,29). The minimum Gasteiger partial charge on any atom is -0.486 e. The van der Waals surface area contributed by atoms with Crippen molar-refractivity contribution in [3.63, 3.8) is 0 Å². The van der Waals surface area contributed by atoms with E-state index in [-0.39, 0.29) is 17.8 Å². The van der Waals surface area contributed by atoms with Gasteiger partial charge in [0.1, 0.15) is 12.4 Å². The van der Waals surface area contributed by atoms with E-state index in [4.69, 9.17) is 10.6 Å². The predicted molar refractivity (Wildman–Crippen MR) is 121 cm³/mol. The molecule has 0 saturated heterocycles. The summed E-state index contributed by atoms with van der Waals surface area (Å²) in [6.07, 6.45) is 0.845. The molecule has 0 saturated carbocycles. The Hall–Kier alpha value is -2.75. The molecule has 3 amide bonds. The summed E-state index contributed by atoms with van der Waals surface area (Å²) in [5.74, 6) is 7.16. The van der Waals surface area contributed by atoms with Gasteiger partial charge in [0.2, 0.25) is 11.1 Å². The number of carbonyl (C=O) groups excluding carboxylic acids is 2. The van der Waals surface area contributed by atoms with Crippen LogP contribution in [0.1, 0.15) is 52.4 Å². The first kappa shape index (κ1) is 24.5. The van der Waals surface area contributed by atoms with E-state index in [9.17, 15) is 9.59 Å². The molecule has 1 heterocycles. The van der Waals surface area contributed by atoms with Gasteiger partial charge in [-0.25, -0.2) is 9.47 Å². The third kappa shape index (κ3) is 8.12. The molecular formula is C21H32N6O3S. The molecule has 0 fully saturated rings. The van der Waals surface area contributed by atoms with Crippen molar-refractivity contribution >= 4 is 23.7 Å². The highest BCUT2D eigenvalue weighted by Gasteiger charge is 2.15. The number of nitrogen functional groups attached to an aromatic ring is 1. The lowest BCUT2D eigenvalue weighted by Crippen LogP contribution is -2.40. The number of amides is 3. The maximum atomic E-state index is 11.9. The molecule has 0 bridgehead atoms. The lowest BCUT2D eigenvalue weighted by Gasteiger charge is -2.19.